The van der Waals surface area contributed by atoms with Crippen molar-refractivity contribution in [2.24, 2.45) is 0 Å². The van der Waals surface area contributed by atoms with E-state index in [1.54, 1.807) is 6.26 Å². The highest BCUT2D eigenvalue weighted by Gasteiger charge is 2.23. The van der Waals surface area contributed by atoms with Gasteiger partial charge in [-0.15, -0.1) is 0 Å². The van der Waals surface area contributed by atoms with Gasteiger partial charge in [-0.3, -0.25) is 13.6 Å². The largest absolute Gasteiger partial charge is 0.297 e. The van der Waals surface area contributed by atoms with Crippen LogP contribution < -0.4 is 0 Å². The molecule has 2 heterocycles. The predicted octanol–water partition coefficient (Wildman–Crippen LogP) is 3.10. The Labute approximate surface area is 133 Å². The topological polar surface area (TPSA) is 47.3 Å². The summed E-state index contributed by atoms with van der Waals surface area (Å²) in [6.07, 6.45) is 15.3. The van der Waals surface area contributed by atoms with Gasteiger partial charge in [0.15, 0.2) is 5.65 Å². The van der Waals surface area contributed by atoms with Crippen LogP contribution in [-0.2, 0) is 17.2 Å². The van der Waals surface area contributed by atoms with Gasteiger partial charge in [-0.05, 0) is 18.4 Å². The zero-order valence-corrected chi connectivity index (χ0v) is 13.7. The molecule has 0 aromatic carbocycles. The molecule has 1 fully saturated rings. The van der Waals surface area contributed by atoms with E-state index in [0.29, 0.717) is 11.7 Å². The standard InChI is InChI=1S/C17H21N3OS/c1-22(21)11-13-7-8-14-17(13)20-10-15(19-16(20)9-18-14)12-5-3-2-4-6-12/h7,9-10,12H,2-6,8,11H2,1H3. The summed E-state index contributed by atoms with van der Waals surface area (Å²) in [5.74, 6) is 1.20. The smallest absolute Gasteiger partial charge is 0.156 e. The number of hydrogen-bond acceptors (Lipinski definition) is 3. The molecule has 5 heteroatoms. The molecule has 2 aromatic heterocycles. The second kappa shape index (κ2) is 5.61. The van der Waals surface area contributed by atoms with Gasteiger partial charge in [0, 0.05) is 35.6 Å². The fourth-order valence-electron chi connectivity index (χ4n) is 3.77. The van der Waals surface area contributed by atoms with E-state index < -0.39 is 10.8 Å². The van der Waals surface area contributed by atoms with Crippen molar-refractivity contribution < 1.29 is 4.21 Å². The van der Waals surface area contributed by atoms with Gasteiger partial charge in [0.1, 0.15) is 0 Å². The van der Waals surface area contributed by atoms with E-state index in [1.165, 1.54) is 37.8 Å². The van der Waals surface area contributed by atoms with Crippen LogP contribution in [0.15, 0.2) is 18.5 Å². The maximum Gasteiger partial charge on any atom is 0.156 e. The van der Waals surface area contributed by atoms with E-state index >= 15 is 0 Å². The summed E-state index contributed by atoms with van der Waals surface area (Å²) in [6.45, 7) is 0. The van der Waals surface area contributed by atoms with Crippen molar-refractivity contribution >= 4 is 22.0 Å². The summed E-state index contributed by atoms with van der Waals surface area (Å²) < 4.78 is 13.8. The summed E-state index contributed by atoms with van der Waals surface area (Å²) in [7, 11) is -0.833. The molecule has 4 rings (SSSR count). The van der Waals surface area contributed by atoms with Gasteiger partial charge >= 0.3 is 0 Å². The molecule has 0 amide bonds. The molecule has 2 aromatic rings. The quantitative estimate of drug-likeness (QED) is 0.874. The van der Waals surface area contributed by atoms with E-state index in [1.807, 2.05) is 6.20 Å². The molecule has 0 spiro atoms. The first-order chi connectivity index (χ1) is 10.7. The molecule has 0 radical (unpaired) electrons. The van der Waals surface area contributed by atoms with Gasteiger partial charge < -0.3 is 0 Å². The number of fused-ring (bicyclic) bond motifs is 3. The molecule has 2 aliphatic carbocycles. The van der Waals surface area contributed by atoms with Crippen molar-refractivity contribution in [1.29, 1.82) is 0 Å². The zero-order valence-electron chi connectivity index (χ0n) is 12.9. The van der Waals surface area contributed by atoms with Crippen molar-refractivity contribution in [2.75, 3.05) is 12.0 Å². The molecule has 0 aliphatic heterocycles. The first kappa shape index (κ1) is 14.1. The minimum atomic E-state index is -0.833. The van der Waals surface area contributed by atoms with Crippen molar-refractivity contribution in [2.45, 2.75) is 44.4 Å². The van der Waals surface area contributed by atoms with E-state index in [2.05, 4.69) is 21.7 Å². The SMILES string of the molecule is CS(=O)CC1=CCc2ncc3nc(C4CCCCC4)cn3c21. The molecule has 0 bridgehead atoms. The van der Waals surface area contributed by atoms with Crippen LogP contribution in [0.4, 0.5) is 0 Å². The Balaban J connectivity index is 1.77. The van der Waals surface area contributed by atoms with E-state index in [-0.39, 0.29) is 0 Å². The van der Waals surface area contributed by atoms with Crippen molar-refractivity contribution in [3.8, 4) is 0 Å². The maximum absolute atomic E-state index is 11.6. The fraction of sp³-hybridized carbons (Fsp3) is 0.529. The Morgan fingerprint density at radius 3 is 2.91 bits per heavy atom. The summed E-state index contributed by atoms with van der Waals surface area (Å²) in [5.41, 5.74) is 5.50. The van der Waals surface area contributed by atoms with Gasteiger partial charge in [0.25, 0.3) is 0 Å². The lowest BCUT2D eigenvalue weighted by Gasteiger charge is -2.19. The minimum absolute atomic E-state index is 0.596. The van der Waals surface area contributed by atoms with E-state index in [4.69, 9.17) is 4.98 Å². The highest BCUT2D eigenvalue weighted by molar-refractivity contribution is 7.84. The second-order valence-electron chi connectivity index (χ2n) is 6.43. The normalized spacial score (nSPS) is 20.1. The molecule has 116 valence electrons. The predicted molar refractivity (Wildman–Crippen MR) is 89.4 cm³/mol. The molecule has 0 N–H and O–H groups in total. The van der Waals surface area contributed by atoms with Crippen LogP contribution in [0.5, 0.6) is 0 Å². The molecule has 1 unspecified atom stereocenters. The Morgan fingerprint density at radius 1 is 1.32 bits per heavy atom. The number of aromatic nitrogens is 3. The van der Waals surface area contributed by atoms with Crippen LogP contribution in [0.2, 0.25) is 0 Å². The van der Waals surface area contributed by atoms with Crippen molar-refractivity contribution in [3.63, 3.8) is 0 Å². The summed E-state index contributed by atoms with van der Waals surface area (Å²) in [5, 5.41) is 0. The summed E-state index contributed by atoms with van der Waals surface area (Å²) in [6, 6.07) is 0. The average Bonchev–Trinajstić information content (AvgIpc) is 3.11. The fourth-order valence-corrected chi connectivity index (χ4v) is 4.46. The summed E-state index contributed by atoms with van der Waals surface area (Å²) >= 11 is 0. The third kappa shape index (κ3) is 2.41. The van der Waals surface area contributed by atoms with Gasteiger partial charge in [-0.25, -0.2) is 4.98 Å². The van der Waals surface area contributed by atoms with Crippen molar-refractivity contribution in [1.82, 2.24) is 14.4 Å². The molecule has 2 aliphatic rings. The number of imidazole rings is 1. The lowest BCUT2D eigenvalue weighted by atomic mass is 9.87. The molecule has 1 atom stereocenters. The molecule has 0 saturated heterocycles. The Kier molecular flexibility index (Phi) is 3.60. The van der Waals surface area contributed by atoms with Gasteiger partial charge in [-0.2, -0.15) is 0 Å². The average molecular weight is 315 g/mol. The summed E-state index contributed by atoms with van der Waals surface area (Å²) in [4.78, 5) is 9.39. The third-order valence-electron chi connectivity index (χ3n) is 4.83. The highest BCUT2D eigenvalue weighted by Crippen LogP contribution is 2.34. The molecular formula is C17H21N3OS. The van der Waals surface area contributed by atoms with Crippen LogP contribution in [-0.4, -0.2) is 30.6 Å². The van der Waals surface area contributed by atoms with Crippen LogP contribution >= 0.6 is 0 Å². The Bertz CT molecular complexity index is 772. The van der Waals surface area contributed by atoms with Crippen molar-refractivity contribution in [3.05, 3.63) is 35.6 Å². The second-order valence-corrected chi connectivity index (χ2v) is 7.87. The minimum Gasteiger partial charge on any atom is -0.297 e. The number of nitrogens with zero attached hydrogens (tertiary/aromatic N) is 3. The number of allylic oxidation sites excluding steroid dienone is 1. The van der Waals surface area contributed by atoms with Crippen LogP contribution in [0.3, 0.4) is 0 Å². The van der Waals surface area contributed by atoms with E-state index in [9.17, 15) is 4.21 Å². The molecule has 22 heavy (non-hydrogen) atoms. The molecule has 4 nitrogen and oxygen atoms in total. The first-order valence-electron chi connectivity index (χ1n) is 8.08. The van der Waals surface area contributed by atoms with Crippen LogP contribution in [0, 0.1) is 0 Å². The van der Waals surface area contributed by atoms with Gasteiger partial charge in [0.05, 0.1) is 29.0 Å². The lowest BCUT2D eigenvalue weighted by Crippen LogP contribution is -2.05. The lowest BCUT2D eigenvalue weighted by molar-refractivity contribution is 0.438. The van der Waals surface area contributed by atoms with Gasteiger partial charge in [-0.1, -0.05) is 25.3 Å². The molecule has 1 saturated carbocycles. The van der Waals surface area contributed by atoms with Crippen LogP contribution in [0.1, 0.15) is 55.1 Å². The van der Waals surface area contributed by atoms with Crippen LogP contribution in [0.25, 0.3) is 11.2 Å². The highest BCUT2D eigenvalue weighted by atomic mass is 32.2. The third-order valence-corrected chi connectivity index (χ3v) is 5.55. The maximum atomic E-state index is 11.6. The monoisotopic (exact) mass is 315 g/mol. The zero-order chi connectivity index (χ0) is 15.1. The Morgan fingerprint density at radius 2 is 2.14 bits per heavy atom. The Hall–Kier alpha value is -1.49. The van der Waals surface area contributed by atoms with Gasteiger partial charge in [0.2, 0.25) is 0 Å². The molecular weight excluding hydrogens is 294 g/mol. The number of hydrogen-bond donors (Lipinski definition) is 0. The number of rotatable bonds is 3. The van der Waals surface area contributed by atoms with E-state index in [0.717, 1.165) is 29.0 Å². The first-order valence-corrected chi connectivity index (χ1v) is 9.81.